The molecule has 0 atom stereocenters. The molecule has 1 nitrogen and oxygen atoms in total. The average Bonchev–Trinajstić information content (AvgIpc) is 2.53. The molecule has 0 bridgehead atoms. The zero-order valence-electron chi connectivity index (χ0n) is 13.4. The molecule has 1 aliphatic carbocycles. The minimum atomic E-state index is 0.702. The van der Waals surface area contributed by atoms with Crippen LogP contribution in [-0.4, -0.2) is 6.61 Å². The first-order valence-electron chi connectivity index (χ1n) is 8.24. The van der Waals surface area contributed by atoms with E-state index in [-0.39, 0.29) is 0 Å². The van der Waals surface area contributed by atoms with Crippen molar-refractivity contribution in [2.24, 2.45) is 5.92 Å². The molecule has 114 valence electrons. The zero-order chi connectivity index (χ0) is 14.9. The highest BCUT2D eigenvalue weighted by Crippen LogP contribution is 2.36. The van der Waals surface area contributed by atoms with Crippen molar-refractivity contribution >= 4 is 0 Å². The molecule has 0 aromatic heterocycles. The number of rotatable bonds is 6. The number of ether oxygens (including phenoxy) is 1. The summed E-state index contributed by atoms with van der Waals surface area (Å²) in [6, 6.07) is 9.05. The van der Waals surface area contributed by atoms with Gasteiger partial charge in [0.05, 0.1) is 13.2 Å². The topological polar surface area (TPSA) is 9.23 Å². The maximum atomic E-state index is 5.59. The van der Waals surface area contributed by atoms with Crippen LogP contribution in [0.15, 0.2) is 48.6 Å². The van der Waals surface area contributed by atoms with Crippen molar-refractivity contribution in [2.45, 2.75) is 52.1 Å². The fraction of sp³-hybridized carbons (Fsp3) is 0.500. The highest BCUT2D eigenvalue weighted by molar-refractivity contribution is 5.25. The van der Waals surface area contributed by atoms with E-state index in [1.54, 1.807) is 0 Å². The third-order valence-corrected chi connectivity index (χ3v) is 4.41. The van der Waals surface area contributed by atoms with E-state index in [1.807, 2.05) is 19.1 Å². The Morgan fingerprint density at radius 3 is 2.33 bits per heavy atom. The Kier molecular flexibility index (Phi) is 6.75. The molecule has 0 saturated heterocycles. The highest BCUT2D eigenvalue weighted by atomic mass is 16.5. The summed E-state index contributed by atoms with van der Waals surface area (Å²) in [5, 5.41) is 0. The minimum absolute atomic E-state index is 0.702. The second-order valence-corrected chi connectivity index (χ2v) is 5.96. The van der Waals surface area contributed by atoms with Crippen LogP contribution in [0.2, 0.25) is 0 Å². The van der Waals surface area contributed by atoms with Gasteiger partial charge in [-0.3, -0.25) is 0 Å². The van der Waals surface area contributed by atoms with Crippen LogP contribution >= 0.6 is 0 Å². The molecule has 1 heteroatoms. The lowest BCUT2D eigenvalue weighted by molar-refractivity contribution is 0.148. The number of hydrogen-bond donors (Lipinski definition) is 0. The van der Waals surface area contributed by atoms with Gasteiger partial charge in [0.15, 0.2) is 0 Å². The Morgan fingerprint density at radius 1 is 1.00 bits per heavy atom. The summed E-state index contributed by atoms with van der Waals surface area (Å²) in [5.41, 5.74) is 2.77. The third kappa shape index (κ3) is 5.17. The van der Waals surface area contributed by atoms with Crippen LogP contribution in [0.1, 0.15) is 56.6 Å². The first-order chi connectivity index (χ1) is 10.3. The number of hydrogen-bond acceptors (Lipinski definition) is 1. The molecule has 0 N–H and O–H groups in total. The molecular weight excluding hydrogens is 256 g/mol. The van der Waals surface area contributed by atoms with Crippen molar-refractivity contribution in [3.63, 3.8) is 0 Å². The van der Waals surface area contributed by atoms with Crippen LogP contribution in [0.25, 0.3) is 0 Å². The van der Waals surface area contributed by atoms with Gasteiger partial charge in [-0.15, -0.1) is 0 Å². The Hall–Kier alpha value is -1.34. The average molecular weight is 284 g/mol. The van der Waals surface area contributed by atoms with Gasteiger partial charge in [-0.05, 0) is 62.5 Å². The van der Waals surface area contributed by atoms with Gasteiger partial charge in [0.1, 0.15) is 0 Å². The first-order valence-corrected chi connectivity index (χ1v) is 8.24. The van der Waals surface area contributed by atoms with Gasteiger partial charge in [0, 0.05) is 0 Å². The standard InChI is InChI=1S/C20H28O/c1-3-5-15-21-16-18-9-13-20(14-10-18)19-11-7-17(6-4-2)8-12-19/h3-6,9-10,13-14,17,19H,7-8,11-12,15-16H2,1-2H3/t17-,19-. The fourth-order valence-corrected chi connectivity index (χ4v) is 3.14. The summed E-state index contributed by atoms with van der Waals surface area (Å²) < 4.78 is 5.59. The molecule has 1 fully saturated rings. The van der Waals surface area contributed by atoms with Crippen molar-refractivity contribution < 1.29 is 4.74 Å². The number of allylic oxidation sites excluding steroid dienone is 3. The van der Waals surface area contributed by atoms with E-state index in [0.717, 1.165) is 11.8 Å². The lowest BCUT2D eigenvalue weighted by Gasteiger charge is -2.27. The van der Waals surface area contributed by atoms with Crippen molar-refractivity contribution in [3.8, 4) is 0 Å². The van der Waals surface area contributed by atoms with Crippen LogP contribution in [-0.2, 0) is 11.3 Å². The van der Waals surface area contributed by atoms with Gasteiger partial charge in [-0.1, -0.05) is 48.6 Å². The quantitative estimate of drug-likeness (QED) is 0.486. The summed E-state index contributed by atoms with van der Waals surface area (Å²) in [7, 11) is 0. The Labute approximate surface area is 129 Å². The molecular formula is C20H28O. The van der Waals surface area contributed by atoms with Crippen molar-refractivity contribution in [1.29, 1.82) is 0 Å². The smallest absolute Gasteiger partial charge is 0.0721 e. The van der Waals surface area contributed by atoms with Gasteiger partial charge in [0.25, 0.3) is 0 Å². The number of benzene rings is 1. The molecule has 1 aromatic carbocycles. The molecule has 0 radical (unpaired) electrons. The van der Waals surface area contributed by atoms with E-state index in [0.29, 0.717) is 13.2 Å². The molecule has 0 heterocycles. The Bertz CT molecular complexity index is 447. The first kappa shape index (κ1) is 16.0. The molecule has 1 saturated carbocycles. The molecule has 0 unspecified atom stereocenters. The molecule has 0 amide bonds. The zero-order valence-corrected chi connectivity index (χ0v) is 13.4. The molecule has 0 spiro atoms. The maximum absolute atomic E-state index is 5.59. The van der Waals surface area contributed by atoms with Crippen LogP contribution in [0.3, 0.4) is 0 Å². The molecule has 21 heavy (non-hydrogen) atoms. The van der Waals surface area contributed by atoms with E-state index in [9.17, 15) is 0 Å². The van der Waals surface area contributed by atoms with Gasteiger partial charge in [0.2, 0.25) is 0 Å². The monoisotopic (exact) mass is 284 g/mol. The van der Waals surface area contributed by atoms with Crippen LogP contribution < -0.4 is 0 Å². The van der Waals surface area contributed by atoms with Gasteiger partial charge < -0.3 is 4.74 Å². The fourth-order valence-electron chi connectivity index (χ4n) is 3.14. The highest BCUT2D eigenvalue weighted by Gasteiger charge is 2.20. The predicted octanol–water partition coefficient (Wildman–Crippen LogP) is 5.63. The molecule has 1 aromatic rings. The van der Waals surface area contributed by atoms with Crippen LogP contribution in [0.5, 0.6) is 0 Å². The van der Waals surface area contributed by atoms with Crippen LogP contribution in [0.4, 0.5) is 0 Å². The lowest BCUT2D eigenvalue weighted by atomic mass is 9.78. The van der Waals surface area contributed by atoms with Crippen molar-refractivity contribution in [3.05, 3.63) is 59.7 Å². The Morgan fingerprint density at radius 2 is 1.71 bits per heavy atom. The maximum Gasteiger partial charge on any atom is 0.0721 e. The lowest BCUT2D eigenvalue weighted by Crippen LogP contribution is -2.11. The van der Waals surface area contributed by atoms with E-state index in [4.69, 9.17) is 4.74 Å². The van der Waals surface area contributed by atoms with E-state index in [1.165, 1.54) is 36.8 Å². The normalized spacial score (nSPS) is 23.1. The van der Waals surface area contributed by atoms with E-state index < -0.39 is 0 Å². The van der Waals surface area contributed by atoms with Gasteiger partial charge >= 0.3 is 0 Å². The predicted molar refractivity (Wildman–Crippen MR) is 90.4 cm³/mol. The van der Waals surface area contributed by atoms with E-state index in [2.05, 4.69) is 43.3 Å². The van der Waals surface area contributed by atoms with Gasteiger partial charge in [-0.2, -0.15) is 0 Å². The van der Waals surface area contributed by atoms with Gasteiger partial charge in [-0.25, -0.2) is 0 Å². The van der Waals surface area contributed by atoms with Crippen molar-refractivity contribution in [2.75, 3.05) is 6.61 Å². The summed E-state index contributed by atoms with van der Waals surface area (Å²) >= 11 is 0. The third-order valence-electron chi connectivity index (χ3n) is 4.41. The molecule has 1 aliphatic rings. The summed E-state index contributed by atoms with van der Waals surface area (Å²) in [6.07, 6.45) is 14.0. The summed E-state index contributed by atoms with van der Waals surface area (Å²) in [5.74, 6) is 1.56. The van der Waals surface area contributed by atoms with Crippen molar-refractivity contribution in [1.82, 2.24) is 0 Å². The summed E-state index contributed by atoms with van der Waals surface area (Å²) in [6.45, 7) is 5.55. The largest absolute Gasteiger partial charge is 0.373 e. The van der Waals surface area contributed by atoms with Crippen LogP contribution in [0, 0.1) is 5.92 Å². The minimum Gasteiger partial charge on any atom is -0.373 e. The summed E-state index contributed by atoms with van der Waals surface area (Å²) in [4.78, 5) is 0. The molecule has 2 rings (SSSR count). The SMILES string of the molecule is CC=CCOCc1ccc([C@H]2CC[C@H](C=CC)CC2)cc1. The second-order valence-electron chi connectivity index (χ2n) is 5.96. The van der Waals surface area contributed by atoms with E-state index >= 15 is 0 Å². The molecule has 0 aliphatic heterocycles. The second kappa shape index (κ2) is 8.84. The Balaban J connectivity index is 1.82.